The molecule has 0 aromatic rings. The average Bonchev–Trinajstić information content (AvgIpc) is 3.51. The van der Waals surface area contributed by atoms with Crippen molar-refractivity contribution in [3.63, 3.8) is 0 Å². The number of hydrogen-bond acceptors (Lipinski definition) is 11. The SMILES string of the molecule is CC(C)(O)[C@@H]1O[C@](C)(C2CC[C@]3(C)C2[C@H](O)CC2[C@@]4(C)CC[C@H](O)C(C)(C)C4[C@@H](OC4OC(CO)C(O)C(O)C4O)C[C@]23C)C[C@@H]1O. The summed E-state index contributed by atoms with van der Waals surface area (Å²) in [7, 11) is 0. The van der Waals surface area contributed by atoms with Crippen molar-refractivity contribution in [3.05, 3.63) is 0 Å². The molecule has 6 aliphatic rings. The average molecular weight is 671 g/mol. The summed E-state index contributed by atoms with van der Waals surface area (Å²) in [6.07, 6.45) is -5.79. The van der Waals surface area contributed by atoms with Gasteiger partial charge in [-0.1, -0.05) is 34.6 Å². The zero-order valence-corrected chi connectivity index (χ0v) is 29.5. The summed E-state index contributed by atoms with van der Waals surface area (Å²) in [4.78, 5) is 0. The lowest BCUT2D eigenvalue weighted by molar-refractivity contribution is -0.347. The highest BCUT2D eigenvalue weighted by Crippen LogP contribution is 2.76. The Hall–Kier alpha value is -0.440. The molecule has 0 bridgehead atoms. The van der Waals surface area contributed by atoms with E-state index in [9.17, 15) is 40.9 Å². The van der Waals surface area contributed by atoms with Crippen molar-refractivity contribution in [3.8, 4) is 0 Å². The van der Waals surface area contributed by atoms with Gasteiger partial charge in [-0.25, -0.2) is 0 Å². The van der Waals surface area contributed by atoms with Crippen molar-refractivity contribution in [1.29, 1.82) is 0 Å². The first-order chi connectivity index (χ1) is 21.6. The lowest BCUT2D eigenvalue weighted by Gasteiger charge is -2.72. The predicted octanol–water partition coefficient (Wildman–Crippen LogP) is 1.48. The molecule has 11 nitrogen and oxygen atoms in total. The third kappa shape index (κ3) is 5.15. The van der Waals surface area contributed by atoms with Crippen molar-refractivity contribution in [2.45, 2.75) is 173 Å². The molecule has 0 amide bonds. The van der Waals surface area contributed by atoms with Crippen molar-refractivity contribution >= 4 is 0 Å². The van der Waals surface area contributed by atoms with Crippen LogP contribution >= 0.6 is 0 Å². The van der Waals surface area contributed by atoms with Crippen molar-refractivity contribution in [2.24, 2.45) is 45.3 Å². The summed E-state index contributed by atoms with van der Waals surface area (Å²) >= 11 is 0. The second-order valence-corrected chi connectivity index (χ2v) is 18.6. The van der Waals surface area contributed by atoms with Crippen LogP contribution in [0.3, 0.4) is 0 Å². The molecule has 8 N–H and O–H groups in total. The maximum absolute atomic E-state index is 12.2. The van der Waals surface area contributed by atoms with E-state index in [1.807, 2.05) is 6.92 Å². The maximum atomic E-state index is 12.2. The number of ether oxygens (including phenoxy) is 3. The van der Waals surface area contributed by atoms with E-state index in [0.717, 1.165) is 19.3 Å². The van der Waals surface area contributed by atoms with E-state index < -0.39 is 84.4 Å². The van der Waals surface area contributed by atoms with Gasteiger partial charge in [-0.15, -0.1) is 0 Å². The van der Waals surface area contributed by atoms with Gasteiger partial charge in [0.05, 0.1) is 42.2 Å². The molecule has 272 valence electrons. The number of rotatable bonds is 5. The monoisotopic (exact) mass is 670 g/mol. The summed E-state index contributed by atoms with van der Waals surface area (Å²) in [5, 5.41) is 87.4. The standard InChI is InChI=1S/C36H62O11/c1-31(2)23(40)10-11-33(5)22-13-18(38)24-17(36(8)14-19(39)29(47-36)32(3,4)44)9-12-34(24,6)35(22,7)15-20(28(31)33)45-30-27(43)26(42)25(41)21(16-37)46-30/h17-30,37-44H,9-16H2,1-8H3/t17?,18-,19+,20+,21?,22?,23+,24?,25?,26?,27?,28?,29-,30?,33-,34-,35-,36+/m1/s1. The number of fused-ring (bicyclic) bond motifs is 5. The highest BCUT2D eigenvalue weighted by Gasteiger charge is 2.74. The van der Waals surface area contributed by atoms with E-state index in [1.165, 1.54) is 0 Å². The summed E-state index contributed by atoms with van der Waals surface area (Å²) in [5.41, 5.74) is -3.63. The Kier molecular flexibility index (Phi) is 8.92. The zero-order valence-electron chi connectivity index (χ0n) is 29.5. The molecule has 0 aromatic carbocycles. The van der Waals surface area contributed by atoms with Crippen LogP contribution in [0.2, 0.25) is 0 Å². The first-order valence-corrected chi connectivity index (χ1v) is 18.0. The van der Waals surface area contributed by atoms with Gasteiger partial charge in [0.15, 0.2) is 6.29 Å². The Morgan fingerprint density at radius 2 is 1.47 bits per heavy atom. The first kappa shape index (κ1) is 36.4. The maximum Gasteiger partial charge on any atom is 0.186 e. The van der Waals surface area contributed by atoms with Crippen LogP contribution < -0.4 is 0 Å². The second kappa shape index (κ2) is 11.5. The van der Waals surface area contributed by atoms with Crippen LogP contribution in [0.15, 0.2) is 0 Å². The van der Waals surface area contributed by atoms with Crippen LogP contribution in [0, 0.1) is 45.3 Å². The molecule has 2 saturated heterocycles. The van der Waals surface area contributed by atoms with E-state index in [0.29, 0.717) is 25.7 Å². The molecule has 0 radical (unpaired) electrons. The summed E-state index contributed by atoms with van der Waals surface area (Å²) in [5.74, 6) is -0.297. The van der Waals surface area contributed by atoms with Gasteiger partial charge in [0.25, 0.3) is 0 Å². The number of hydrogen-bond donors (Lipinski definition) is 8. The largest absolute Gasteiger partial charge is 0.394 e. The van der Waals surface area contributed by atoms with E-state index in [1.54, 1.807) is 13.8 Å². The van der Waals surface area contributed by atoms with Gasteiger partial charge in [0.1, 0.15) is 30.5 Å². The van der Waals surface area contributed by atoms with Gasteiger partial charge >= 0.3 is 0 Å². The summed E-state index contributed by atoms with van der Waals surface area (Å²) < 4.78 is 19.2. The lowest BCUT2D eigenvalue weighted by Crippen LogP contribution is -2.71. The minimum absolute atomic E-state index is 0.0535. The molecule has 0 aromatic heterocycles. The fourth-order valence-electron chi connectivity index (χ4n) is 12.8. The first-order valence-electron chi connectivity index (χ1n) is 18.0. The Bertz CT molecular complexity index is 1170. The lowest BCUT2D eigenvalue weighted by atomic mass is 9.34. The Balaban J connectivity index is 1.39. The number of aliphatic hydroxyl groups excluding tert-OH is 7. The predicted molar refractivity (Wildman–Crippen MR) is 171 cm³/mol. The van der Waals surface area contributed by atoms with E-state index in [4.69, 9.17) is 14.2 Å². The van der Waals surface area contributed by atoms with Gasteiger partial charge in [-0.05, 0) is 105 Å². The Labute approximate surface area is 279 Å². The van der Waals surface area contributed by atoms with Crippen LogP contribution in [0.25, 0.3) is 0 Å². The highest BCUT2D eigenvalue weighted by molar-refractivity contribution is 5.22. The fourth-order valence-corrected chi connectivity index (χ4v) is 12.8. The highest BCUT2D eigenvalue weighted by atomic mass is 16.7. The van der Waals surface area contributed by atoms with Gasteiger partial charge in [-0.2, -0.15) is 0 Å². The molecule has 2 aliphatic heterocycles. The molecule has 6 rings (SSSR count). The van der Waals surface area contributed by atoms with Crippen LogP contribution in [-0.4, -0.2) is 120 Å². The molecule has 11 heteroatoms. The summed E-state index contributed by atoms with van der Waals surface area (Å²) in [6.45, 7) is 15.8. The quantitative estimate of drug-likeness (QED) is 0.198. The minimum atomic E-state index is -1.56. The molecule has 18 atom stereocenters. The molecule has 9 unspecified atom stereocenters. The Morgan fingerprint density at radius 3 is 2.06 bits per heavy atom. The van der Waals surface area contributed by atoms with Crippen molar-refractivity contribution in [1.82, 2.24) is 0 Å². The smallest absolute Gasteiger partial charge is 0.186 e. The van der Waals surface area contributed by atoms with Crippen LogP contribution in [0.4, 0.5) is 0 Å². The van der Waals surface area contributed by atoms with Crippen molar-refractivity contribution < 1.29 is 55.1 Å². The van der Waals surface area contributed by atoms with E-state index in [-0.39, 0.29) is 39.9 Å². The number of aliphatic hydroxyl groups is 8. The topological polar surface area (TPSA) is 190 Å². The second-order valence-electron chi connectivity index (χ2n) is 18.6. The molecule has 6 fully saturated rings. The van der Waals surface area contributed by atoms with Crippen LogP contribution in [0.5, 0.6) is 0 Å². The van der Waals surface area contributed by atoms with E-state index in [2.05, 4.69) is 34.6 Å². The minimum Gasteiger partial charge on any atom is -0.394 e. The van der Waals surface area contributed by atoms with Crippen LogP contribution in [0.1, 0.15) is 100 Å². The summed E-state index contributed by atoms with van der Waals surface area (Å²) in [6, 6.07) is 0. The zero-order chi connectivity index (χ0) is 34.9. The molecular formula is C36H62O11. The van der Waals surface area contributed by atoms with Crippen LogP contribution in [-0.2, 0) is 14.2 Å². The third-order valence-electron chi connectivity index (χ3n) is 15.2. The van der Waals surface area contributed by atoms with E-state index >= 15 is 0 Å². The Morgan fingerprint density at radius 1 is 0.809 bits per heavy atom. The van der Waals surface area contributed by atoms with Crippen molar-refractivity contribution in [2.75, 3.05) is 6.61 Å². The molecule has 47 heavy (non-hydrogen) atoms. The third-order valence-corrected chi connectivity index (χ3v) is 15.2. The van der Waals surface area contributed by atoms with Gasteiger partial charge in [-0.3, -0.25) is 0 Å². The van der Waals surface area contributed by atoms with Gasteiger partial charge in [0, 0.05) is 6.42 Å². The molecule has 0 spiro atoms. The normalized spacial score (nSPS) is 57.7. The fraction of sp³-hybridized carbons (Fsp3) is 1.00. The molecule has 4 aliphatic carbocycles. The van der Waals surface area contributed by atoms with Gasteiger partial charge < -0.3 is 55.1 Å². The molecule has 4 saturated carbocycles. The molecule has 2 heterocycles. The van der Waals surface area contributed by atoms with Gasteiger partial charge in [0.2, 0.25) is 0 Å². The molecular weight excluding hydrogens is 608 g/mol.